The number of nitrogens with one attached hydrogen (secondary N) is 1. The largest absolute Gasteiger partial charge is 0.347 e. The van der Waals surface area contributed by atoms with Gasteiger partial charge in [0.15, 0.2) is 0 Å². The topological polar surface area (TPSA) is 42.0 Å². The molecule has 0 unspecified atom stereocenters. The van der Waals surface area contributed by atoms with E-state index in [1.165, 1.54) is 12.8 Å². The summed E-state index contributed by atoms with van der Waals surface area (Å²) in [6, 6.07) is 11.0. The van der Waals surface area contributed by atoms with Gasteiger partial charge in [0.1, 0.15) is 0 Å². The fraction of sp³-hybridized carbons (Fsp3) is 0.368. The number of carbonyl (C=O) groups is 1. The lowest BCUT2D eigenvalue weighted by atomic mass is 9.94. The second kappa shape index (κ2) is 8.00. The first-order valence-corrected chi connectivity index (χ1v) is 9.03. The second-order valence-electron chi connectivity index (χ2n) is 6.26. The van der Waals surface area contributed by atoms with E-state index < -0.39 is 0 Å². The molecule has 1 aliphatic rings. The normalized spacial score (nSPS) is 16.1. The third-order valence-corrected chi connectivity index (χ3v) is 5.15. The number of hydrogen-bond donors (Lipinski definition) is 1. The van der Waals surface area contributed by atoms with E-state index in [0.717, 1.165) is 24.1 Å². The summed E-state index contributed by atoms with van der Waals surface area (Å²) in [6.45, 7) is 0. The monoisotopic (exact) mass is 362 g/mol. The maximum Gasteiger partial charge on any atom is 0.225 e. The Bertz CT molecular complexity index is 700. The summed E-state index contributed by atoms with van der Waals surface area (Å²) in [5.41, 5.74) is 1.71. The highest BCUT2D eigenvalue weighted by molar-refractivity contribution is 6.35. The van der Waals surface area contributed by atoms with Crippen LogP contribution in [0.3, 0.4) is 0 Å². The molecular formula is C19H20Cl2N2O. The van der Waals surface area contributed by atoms with Crippen molar-refractivity contribution in [1.29, 1.82) is 0 Å². The lowest BCUT2D eigenvalue weighted by Crippen LogP contribution is -2.34. The molecule has 1 heterocycles. The SMILES string of the molecule is O=C(Cc1ccc(Cl)cc1Cl)N[C@H](c1ccccn1)C1CCCC1. The lowest BCUT2D eigenvalue weighted by Gasteiger charge is -2.24. The van der Waals surface area contributed by atoms with Crippen LogP contribution in [-0.2, 0) is 11.2 Å². The summed E-state index contributed by atoms with van der Waals surface area (Å²) in [5, 5.41) is 4.26. The van der Waals surface area contributed by atoms with Crippen molar-refractivity contribution in [2.75, 3.05) is 0 Å². The Kier molecular flexibility index (Phi) is 5.75. The molecule has 1 N–H and O–H groups in total. The molecule has 2 aromatic rings. The third kappa shape index (κ3) is 4.28. The first-order chi connectivity index (χ1) is 11.6. The van der Waals surface area contributed by atoms with Gasteiger partial charge in [0, 0.05) is 16.2 Å². The second-order valence-corrected chi connectivity index (χ2v) is 7.10. The van der Waals surface area contributed by atoms with E-state index in [9.17, 15) is 4.79 Å². The van der Waals surface area contributed by atoms with Gasteiger partial charge in [-0.3, -0.25) is 9.78 Å². The highest BCUT2D eigenvalue weighted by Gasteiger charge is 2.28. The minimum absolute atomic E-state index is 0.0349. The Morgan fingerprint density at radius 2 is 2.00 bits per heavy atom. The molecule has 0 aliphatic heterocycles. The van der Waals surface area contributed by atoms with Crippen molar-refractivity contribution in [2.45, 2.75) is 38.1 Å². The van der Waals surface area contributed by atoms with Crippen LogP contribution in [0, 0.1) is 5.92 Å². The maximum absolute atomic E-state index is 12.6. The van der Waals surface area contributed by atoms with Gasteiger partial charge in [-0.25, -0.2) is 0 Å². The van der Waals surface area contributed by atoms with Gasteiger partial charge >= 0.3 is 0 Å². The molecule has 3 nitrogen and oxygen atoms in total. The summed E-state index contributed by atoms with van der Waals surface area (Å²) < 4.78 is 0. The van der Waals surface area contributed by atoms with Gasteiger partial charge in [0.05, 0.1) is 18.2 Å². The van der Waals surface area contributed by atoms with Gasteiger partial charge in [-0.1, -0.05) is 48.2 Å². The minimum Gasteiger partial charge on any atom is -0.347 e. The summed E-state index contributed by atoms with van der Waals surface area (Å²) in [5.74, 6) is 0.409. The van der Waals surface area contributed by atoms with Crippen molar-refractivity contribution < 1.29 is 4.79 Å². The zero-order valence-corrected chi connectivity index (χ0v) is 14.9. The molecule has 1 aliphatic carbocycles. The average Bonchev–Trinajstić information content (AvgIpc) is 3.10. The summed E-state index contributed by atoms with van der Waals surface area (Å²) in [4.78, 5) is 17.0. The van der Waals surface area contributed by atoms with Crippen LogP contribution in [0.4, 0.5) is 0 Å². The zero-order chi connectivity index (χ0) is 16.9. The third-order valence-electron chi connectivity index (χ3n) is 4.56. The van der Waals surface area contributed by atoms with Crippen molar-refractivity contribution in [1.82, 2.24) is 10.3 Å². The van der Waals surface area contributed by atoms with Gasteiger partial charge in [-0.2, -0.15) is 0 Å². The average molecular weight is 363 g/mol. The Hall–Kier alpha value is -1.58. The molecule has 3 rings (SSSR count). The molecule has 1 fully saturated rings. The van der Waals surface area contributed by atoms with Crippen LogP contribution >= 0.6 is 23.2 Å². The molecule has 1 atom stereocenters. The van der Waals surface area contributed by atoms with Gasteiger partial charge in [0.25, 0.3) is 0 Å². The number of hydrogen-bond acceptors (Lipinski definition) is 2. The predicted molar refractivity (Wildman–Crippen MR) is 97.2 cm³/mol. The fourth-order valence-electron chi connectivity index (χ4n) is 3.35. The number of pyridine rings is 1. The molecule has 126 valence electrons. The van der Waals surface area contributed by atoms with E-state index >= 15 is 0 Å². The summed E-state index contributed by atoms with van der Waals surface area (Å²) >= 11 is 12.1. The van der Waals surface area contributed by atoms with Crippen LogP contribution in [-0.4, -0.2) is 10.9 Å². The van der Waals surface area contributed by atoms with E-state index in [1.54, 1.807) is 24.4 Å². The Labute approximate surface area is 152 Å². The molecule has 1 aromatic carbocycles. The fourth-order valence-corrected chi connectivity index (χ4v) is 3.82. The molecule has 0 saturated heterocycles. The number of halogens is 2. The number of carbonyl (C=O) groups excluding carboxylic acids is 1. The number of rotatable bonds is 5. The van der Waals surface area contributed by atoms with E-state index in [1.807, 2.05) is 18.2 Å². The summed E-state index contributed by atoms with van der Waals surface area (Å²) in [6.07, 6.45) is 6.71. The molecule has 0 radical (unpaired) electrons. The van der Waals surface area contributed by atoms with Crippen LogP contribution < -0.4 is 5.32 Å². The molecule has 1 saturated carbocycles. The van der Waals surface area contributed by atoms with E-state index in [-0.39, 0.29) is 18.4 Å². The number of aromatic nitrogens is 1. The molecule has 0 bridgehead atoms. The van der Waals surface area contributed by atoms with Crippen molar-refractivity contribution in [2.24, 2.45) is 5.92 Å². The molecule has 0 spiro atoms. The van der Waals surface area contributed by atoms with E-state index in [4.69, 9.17) is 23.2 Å². The first kappa shape index (κ1) is 17.2. The van der Waals surface area contributed by atoms with Crippen molar-refractivity contribution in [3.63, 3.8) is 0 Å². The van der Waals surface area contributed by atoms with Gasteiger partial charge in [-0.05, 0) is 48.6 Å². The number of amides is 1. The molecular weight excluding hydrogens is 343 g/mol. The maximum atomic E-state index is 12.6. The number of nitrogens with zero attached hydrogens (tertiary/aromatic N) is 1. The Morgan fingerprint density at radius 3 is 2.67 bits per heavy atom. The Balaban J connectivity index is 1.73. The molecule has 24 heavy (non-hydrogen) atoms. The molecule has 1 amide bonds. The highest BCUT2D eigenvalue weighted by atomic mass is 35.5. The first-order valence-electron chi connectivity index (χ1n) is 8.27. The quantitative estimate of drug-likeness (QED) is 0.814. The van der Waals surface area contributed by atoms with E-state index in [0.29, 0.717) is 16.0 Å². The standard InChI is InChI=1S/C19H20Cl2N2O/c20-15-9-8-14(16(21)12-15)11-18(24)23-19(13-5-1-2-6-13)17-7-3-4-10-22-17/h3-4,7-10,12-13,19H,1-2,5-6,11H2,(H,23,24)/t19-/m0/s1. The van der Waals surface area contributed by atoms with Crippen molar-refractivity contribution in [3.8, 4) is 0 Å². The van der Waals surface area contributed by atoms with Gasteiger partial charge in [-0.15, -0.1) is 0 Å². The number of benzene rings is 1. The van der Waals surface area contributed by atoms with Gasteiger partial charge < -0.3 is 5.32 Å². The van der Waals surface area contributed by atoms with Crippen molar-refractivity contribution >= 4 is 29.1 Å². The minimum atomic E-state index is -0.0400. The van der Waals surface area contributed by atoms with E-state index in [2.05, 4.69) is 10.3 Å². The van der Waals surface area contributed by atoms with Gasteiger partial charge in [0.2, 0.25) is 5.91 Å². The van der Waals surface area contributed by atoms with Crippen LogP contribution in [0.5, 0.6) is 0 Å². The summed E-state index contributed by atoms with van der Waals surface area (Å²) in [7, 11) is 0. The smallest absolute Gasteiger partial charge is 0.225 e. The van der Waals surface area contributed by atoms with Crippen LogP contribution in [0.1, 0.15) is 43.0 Å². The van der Waals surface area contributed by atoms with Crippen molar-refractivity contribution in [3.05, 3.63) is 63.9 Å². The Morgan fingerprint density at radius 1 is 1.21 bits per heavy atom. The lowest BCUT2D eigenvalue weighted by molar-refractivity contribution is -0.121. The molecule has 5 heteroatoms. The van der Waals surface area contributed by atoms with Crippen LogP contribution in [0.15, 0.2) is 42.6 Å². The highest BCUT2D eigenvalue weighted by Crippen LogP contribution is 2.35. The predicted octanol–water partition coefficient (Wildman–Crippen LogP) is 4.98. The van der Waals surface area contributed by atoms with Crippen LogP contribution in [0.2, 0.25) is 10.0 Å². The zero-order valence-electron chi connectivity index (χ0n) is 13.3. The molecule has 1 aromatic heterocycles. The van der Waals surface area contributed by atoms with Crippen LogP contribution in [0.25, 0.3) is 0 Å².